The first-order valence-electron chi connectivity index (χ1n) is 11.9. The third kappa shape index (κ3) is 10.7. The van der Waals surface area contributed by atoms with E-state index in [1.165, 1.54) is 4.90 Å². The third-order valence-electron chi connectivity index (χ3n) is 4.91. The van der Waals surface area contributed by atoms with Crippen LogP contribution in [0.4, 0.5) is 11.4 Å². The van der Waals surface area contributed by atoms with Gasteiger partial charge in [-0.1, -0.05) is 40.7 Å². The van der Waals surface area contributed by atoms with Crippen LogP contribution >= 0.6 is 0 Å². The molecular weight excluding hydrogens is 420 g/mol. The molecule has 2 amide bonds. The summed E-state index contributed by atoms with van der Waals surface area (Å²) in [6.07, 6.45) is 3.80. The lowest BCUT2D eigenvalue weighted by molar-refractivity contribution is -0.122. The van der Waals surface area contributed by atoms with Gasteiger partial charge in [-0.3, -0.25) is 9.59 Å². The Bertz CT molecular complexity index is 670. The van der Waals surface area contributed by atoms with Crippen molar-refractivity contribution in [2.75, 3.05) is 44.5 Å². The van der Waals surface area contributed by atoms with Crippen molar-refractivity contribution in [3.05, 3.63) is 18.2 Å². The monoisotopic (exact) mass is 466 g/mol. The minimum absolute atomic E-state index is 0.00777. The summed E-state index contributed by atoms with van der Waals surface area (Å²) in [5.74, 6) is 0.388. The Labute approximate surface area is 201 Å². The molecule has 190 valence electrons. The summed E-state index contributed by atoms with van der Waals surface area (Å²) in [6, 6.07) is 4.96. The molecule has 0 saturated carbocycles. The van der Waals surface area contributed by atoms with E-state index in [0.29, 0.717) is 30.0 Å². The minimum Gasteiger partial charge on any atom is -0.488 e. The summed E-state index contributed by atoms with van der Waals surface area (Å²) in [6.45, 7) is 10.9. The number of amides is 2. The number of benzene rings is 1. The molecule has 2 unspecified atom stereocenters. The predicted molar refractivity (Wildman–Crippen MR) is 138 cm³/mol. The van der Waals surface area contributed by atoms with Crippen LogP contribution in [-0.4, -0.2) is 65.5 Å². The van der Waals surface area contributed by atoms with Gasteiger partial charge >= 0.3 is 0 Å². The molecule has 2 atom stereocenters. The Morgan fingerprint density at radius 2 is 1.73 bits per heavy atom. The highest BCUT2D eigenvalue weighted by Crippen LogP contribution is 2.39. The number of para-hydroxylation sites is 1. The van der Waals surface area contributed by atoms with Gasteiger partial charge < -0.3 is 30.0 Å². The highest BCUT2D eigenvalue weighted by molar-refractivity contribution is 5.91. The number of rotatable bonds is 14. The van der Waals surface area contributed by atoms with Crippen molar-refractivity contribution in [1.29, 1.82) is 0 Å². The molecular formula is C25H46N4O4. The van der Waals surface area contributed by atoms with Crippen LogP contribution < -0.4 is 25.2 Å². The molecule has 0 aliphatic heterocycles. The van der Waals surface area contributed by atoms with E-state index in [1.54, 1.807) is 26.0 Å². The van der Waals surface area contributed by atoms with Crippen molar-refractivity contribution in [3.63, 3.8) is 0 Å². The summed E-state index contributed by atoms with van der Waals surface area (Å²) < 4.78 is 6.23. The first kappa shape index (κ1) is 32.6. The molecule has 0 aliphatic rings. The second kappa shape index (κ2) is 20.0. The van der Waals surface area contributed by atoms with Crippen LogP contribution in [-0.2, 0) is 14.4 Å². The zero-order chi connectivity index (χ0) is 25.8. The number of anilines is 2. The summed E-state index contributed by atoms with van der Waals surface area (Å²) in [7, 11) is 6.90. The SMILES string of the molecule is CC.CC.CCC(CCNC)Oc1cccc(N(C)C(CCC=O)C(=O)NC)c1N(C)C=O. The van der Waals surface area contributed by atoms with E-state index in [-0.39, 0.29) is 18.4 Å². The Balaban J connectivity index is 0. The van der Waals surface area contributed by atoms with Crippen molar-refractivity contribution >= 4 is 30.0 Å². The Hall–Kier alpha value is -2.61. The molecule has 0 aromatic heterocycles. The van der Waals surface area contributed by atoms with Crippen LogP contribution in [0.2, 0.25) is 0 Å². The molecule has 0 spiro atoms. The van der Waals surface area contributed by atoms with Crippen LogP contribution in [0.15, 0.2) is 18.2 Å². The van der Waals surface area contributed by atoms with Crippen molar-refractivity contribution in [2.45, 2.75) is 72.4 Å². The summed E-state index contributed by atoms with van der Waals surface area (Å²) >= 11 is 0. The lowest BCUT2D eigenvalue weighted by Gasteiger charge is -2.32. The number of nitrogens with one attached hydrogen (secondary N) is 2. The van der Waals surface area contributed by atoms with Gasteiger partial charge in [-0.15, -0.1) is 0 Å². The van der Waals surface area contributed by atoms with Crippen molar-refractivity contribution < 1.29 is 19.1 Å². The van der Waals surface area contributed by atoms with Gasteiger partial charge in [-0.25, -0.2) is 0 Å². The number of carbonyl (C=O) groups excluding carboxylic acids is 3. The number of carbonyl (C=O) groups is 3. The topological polar surface area (TPSA) is 91.0 Å². The predicted octanol–water partition coefficient (Wildman–Crippen LogP) is 3.63. The summed E-state index contributed by atoms with van der Waals surface area (Å²) in [5.41, 5.74) is 1.27. The van der Waals surface area contributed by atoms with E-state index < -0.39 is 6.04 Å². The number of likely N-dealkylation sites (N-methyl/N-ethyl adjacent to an activating group) is 2. The maximum Gasteiger partial charge on any atom is 0.242 e. The lowest BCUT2D eigenvalue weighted by Crippen LogP contribution is -2.44. The molecule has 33 heavy (non-hydrogen) atoms. The molecule has 8 heteroatoms. The third-order valence-corrected chi connectivity index (χ3v) is 4.91. The molecule has 1 aromatic carbocycles. The second-order valence-corrected chi connectivity index (χ2v) is 6.87. The first-order chi connectivity index (χ1) is 15.9. The van der Waals surface area contributed by atoms with E-state index in [2.05, 4.69) is 17.6 Å². The average molecular weight is 467 g/mol. The van der Waals surface area contributed by atoms with E-state index in [4.69, 9.17) is 4.74 Å². The Morgan fingerprint density at radius 3 is 2.21 bits per heavy atom. The molecule has 0 radical (unpaired) electrons. The quantitative estimate of drug-likeness (QED) is 0.407. The fourth-order valence-corrected chi connectivity index (χ4v) is 3.19. The first-order valence-corrected chi connectivity index (χ1v) is 11.9. The van der Waals surface area contributed by atoms with E-state index in [0.717, 1.165) is 25.7 Å². The molecule has 0 aliphatic carbocycles. The summed E-state index contributed by atoms with van der Waals surface area (Å²) in [5, 5.41) is 5.77. The molecule has 0 bridgehead atoms. The smallest absolute Gasteiger partial charge is 0.242 e. The van der Waals surface area contributed by atoms with Crippen LogP contribution in [0.5, 0.6) is 5.75 Å². The number of hydrogen-bond donors (Lipinski definition) is 2. The number of nitrogens with zero attached hydrogens (tertiary/aromatic N) is 2. The number of aldehydes is 1. The number of hydrogen-bond acceptors (Lipinski definition) is 6. The van der Waals surface area contributed by atoms with Gasteiger partial charge in [0.25, 0.3) is 0 Å². The van der Waals surface area contributed by atoms with Crippen molar-refractivity contribution in [1.82, 2.24) is 10.6 Å². The van der Waals surface area contributed by atoms with Gasteiger partial charge in [0, 0.05) is 27.6 Å². The summed E-state index contributed by atoms with van der Waals surface area (Å²) in [4.78, 5) is 38.1. The zero-order valence-corrected chi connectivity index (χ0v) is 22.1. The second-order valence-electron chi connectivity index (χ2n) is 6.87. The molecule has 0 saturated heterocycles. The molecule has 1 aromatic rings. The van der Waals surface area contributed by atoms with E-state index in [9.17, 15) is 14.4 Å². The standard InChI is InChI=1S/C21H34N4O4.2C2H6/c1-6-16(12-13-22-2)29-19-11-7-9-17(20(19)24(4)15-27)25(5)18(10-8-14-26)21(28)23-3;2*1-2/h7,9,11,14-16,18,22H,6,8,10,12-13H2,1-5H3,(H,23,28);2*1-2H3. The lowest BCUT2D eigenvalue weighted by atomic mass is 10.1. The fourth-order valence-electron chi connectivity index (χ4n) is 3.19. The highest BCUT2D eigenvalue weighted by Gasteiger charge is 2.27. The number of ether oxygens (including phenoxy) is 1. The molecule has 0 fully saturated rings. The average Bonchev–Trinajstić information content (AvgIpc) is 2.87. The van der Waals surface area contributed by atoms with Crippen molar-refractivity contribution in [3.8, 4) is 5.75 Å². The fraction of sp³-hybridized carbons (Fsp3) is 0.640. The molecule has 1 rings (SSSR count). The van der Waals surface area contributed by atoms with Crippen LogP contribution in [0, 0.1) is 0 Å². The van der Waals surface area contributed by atoms with Gasteiger partial charge in [0.15, 0.2) is 0 Å². The maximum absolute atomic E-state index is 12.4. The van der Waals surface area contributed by atoms with Gasteiger partial charge in [0.05, 0.1) is 11.8 Å². The van der Waals surface area contributed by atoms with Gasteiger partial charge in [-0.05, 0) is 45.0 Å². The Kier molecular flexibility index (Phi) is 19.8. The normalized spacial score (nSPS) is 11.4. The highest BCUT2D eigenvalue weighted by atomic mass is 16.5. The van der Waals surface area contributed by atoms with Gasteiger partial charge in [0.1, 0.15) is 23.8 Å². The minimum atomic E-state index is -0.550. The largest absolute Gasteiger partial charge is 0.488 e. The molecule has 0 heterocycles. The van der Waals surface area contributed by atoms with Crippen molar-refractivity contribution in [2.24, 2.45) is 0 Å². The maximum atomic E-state index is 12.4. The van der Waals surface area contributed by atoms with E-state index >= 15 is 0 Å². The van der Waals surface area contributed by atoms with E-state index in [1.807, 2.05) is 52.9 Å². The Morgan fingerprint density at radius 1 is 1.09 bits per heavy atom. The van der Waals surface area contributed by atoms with Gasteiger partial charge in [0.2, 0.25) is 12.3 Å². The molecule has 8 nitrogen and oxygen atoms in total. The van der Waals surface area contributed by atoms with Crippen LogP contribution in [0.3, 0.4) is 0 Å². The molecule has 2 N–H and O–H groups in total. The zero-order valence-electron chi connectivity index (χ0n) is 22.1. The van der Waals surface area contributed by atoms with Gasteiger partial charge in [-0.2, -0.15) is 0 Å². The van der Waals surface area contributed by atoms with Crippen LogP contribution in [0.25, 0.3) is 0 Å². The van der Waals surface area contributed by atoms with Crippen LogP contribution in [0.1, 0.15) is 60.3 Å².